The fraction of sp³-hybridized carbons (Fsp3) is 0. The number of carboxylic acid groups (broad SMARTS) is 1. The lowest BCUT2D eigenvalue weighted by Gasteiger charge is -2.00. The number of halogens is 1. The molecule has 0 unspecified atom stereocenters. The highest BCUT2D eigenvalue weighted by Crippen LogP contribution is 2.11. The van der Waals surface area contributed by atoms with Gasteiger partial charge in [0.2, 0.25) is 0 Å². The van der Waals surface area contributed by atoms with Crippen LogP contribution in [0.3, 0.4) is 0 Å². The first-order valence-corrected chi connectivity index (χ1v) is 3.42. The Labute approximate surface area is 73.5 Å². The standard InChI is InChI=1S/C8H7FN2O2/c9-6-3-1-2-5(4-11-10)7(6)8(12)13/h1-4H,10H2,(H,12,13). The van der Waals surface area contributed by atoms with E-state index in [1.54, 1.807) is 0 Å². The van der Waals surface area contributed by atoms with Crippen molar-refractivity contribution in [3.8, 4) is 0 Å². The zero-order chi connectivity index (χ0) is 9.84. The molecule has 0 aliphatic heterocycles. The van der Waals surface area contributed by atoms with Crippen LogP contribution < -0.4 is 5.84 Å². The SMILES string of the molecule is NN=Cc1cccc(F)c1C(=O)O. The number of aromatic carboxylic acids is 1. The number of hydrogen-bond acceptors (Lipinski definition) is 3. The molecule has 0 spiro atoms. The van der Waals surface area contributed by atoms with Gasteiger partial charge < -0.3 is 10.9 Å². The predicted octanol–water partition coefficient (Wildman–Crippen LogP) is 0.817. The van der Waals surface area contributed by atoms with Gasteiger partial charge in [0, 0.05) is 5.56 Å². The van der Waals surface area contributed by atoms with Gasteiger partial charge in [0.1, 0.15) is 11.4 Å². The van der Waals surface area contributed by atoms with Crippen LogP contribution in [0.2, 0.25) is 0 Å². The lowest BCUT2D eigenvalue weighted by molar-refractivity contribution is 0.0692. The van der Waals surface area contributed by atoms with Crippen molar-refractivity contribution in [3.63, 3.8) is 0 Å². The van der Waals surface area contributed by atoms with E-state index < -0.39 is 17.3 Å². The summed E-state index contributed by atoms with van der Waals surface area (Å²) in [5.74, 6) is 2.69. The first-order valence-electron chi connectivity index (χ1n) is 3.42. The third-order valence-electron chi connectivity index (χ3n) is 1.47. The highest BCUT2D eigenvalue weighted by atomic mass is 19.1. The van der Waals surface area contributed by atoms with Crippen LogP contribution in [0.15, 0.2) is 23.3 Å². The van der Waals surface area contributed by atoms with Crippen LogP contribution in [-0.4, -0.2) is 17.3 Å². The Morgan fingerprint density at radius 1 is 1.62 bits per heavy atom. The van der Waals surface area contributed by atoms with Crippen LogP contribution in [0.5, 0.6) is 0 Å². The number of hydrazone groups is 1. The molecule has 1 aromatic carbocycles. The Kier molecular flexibility index (Phi) is 2.59. The van der Waals surface area contributed by atoms with E-state index in [2.05, 4.69) is 5.10 Å². The minimum absolute atomic E-state index is 0.148. The lowest BCUT2D eigenvalue weighted by Crippen LogP contribution is -2.05. The molecular weight excluding hydrogens is 175 g/mol. The van der Waals surface area contributed by atoms with Crippen molar-refractivity contribution in [3.05, 3.63) is 35.1 Å². The monoisotopic (exact) mass is 182 g/mol. The molecule has 68 valence electrons. The van der Waals surface area contributed by atoms with Gasteiger partial charge in [-0.1, -0.05) is 12.1 Å². The molecule has 4 nitrogen and oxygen atoms in total. The van der Waals surface area contributed by atoms with Crippen molar-refractivity contribution in [2.24, 2.45) is 10.9 Å². The zero-order valence-electron chi connectivity index (χ0n) is 6.57. The van der Waals surface area contributed by atoms with Gasteiger partial charge in [-0.05, 0) is 6.07 Å². The molecular formula is C8H7FN2O2. The minimum atomic E-state index is -1.34. The highest BCUT2D eigenvalue weighted by Gasteiger charge is 2.13. The molecule has 1 rings (SSSR count). The quantitative estimate of drug-likeness (QED) is 0.404. The van der Waals surface area contributed by atoms with E-state index in [1.807, 2.05) is 0 Å². The lowest BCUT2D eigenvalue weighted by atomic mass is 10.1. The van der Waals surface area contributed by atoms with E-state index >= 15 is 0 Å². The summed E-state index contributed by atoms with van der Waals surface area (Å²) in [6, 6.07) is 3.87. The van der Waals surface area contributed by atoms with Crippen molar-refractivity contribution in [1.29, 1.82) is 0 Å². The summed E-state index contributed by atoms with van der Waals surface area (Å²) in [4.78, 5) is 10.6. The molecule has 1 aromatic rings. The summed E-state index contributed by atoms with van der Waals surface area (Å²) in [6.07, 6.45) is 1.09. The number of carboxylic acids is 1. The minimum Gasteiger partial charge on any atom is -0.478 e. The van der Waals surface area contributed by atoms with E-state index in [0.717, 1.165) is 12.3 Å². The third-order valence-corrected chi connectivity index (χ3v) is 1.47. The molecule has 0 aromatic heterocycles. The van der Waals surface area contributed by atoms with Gasteiger partial charge in [-0.15, -0.1) is 0 Å². The molecule has 13 heavy (non-hydrogen) atoms. The van der Waals surface area contributed by atoms with Crippen molar-refractivity contribution >= 4 is 12.2 Å². The second-order valence-electron chi connectivity index (χ2n) is 2.29. The van der Waals surface area contributed by atoms with Gasteiger partial charge >= 0.3 is 5.97 Å². The number of carbonyl (C=O) groups is 1. The number of benzene rings is 1. The predicted molar refractivity (Wildman–Crippen MR) is 45.1 cm³/mol. The highest BCUT2D eigenvalue weighted by molar-refractivity contribution is 5.98. The van der Waals surface area contributed by atoms with Crippen LogP contribution in [0.25, 0.3) is 0 Å². The van der Waals surface area contributed by atoms with E-state index in [1.165, 1.54) is 12.1 Å². The topological polar surface area (TPSA) is 75.7 Å². The van der Waals surface area contributed by atoms with Crippen LogP contribution in [-0.2, 0) is 0 Å². The molecule has 0 fully saturated rings. The Morgan fingerprint density at radius 3 is 2.85 bits per heavy atom. The molecule has 3 N–H and O–H groups in total. The second kappa shape index (κ2) is 3.66. The first kappa shape index (κ1) is 9.18. The van der Waals surface area contributed by atoms with E-state index in [0.29, 0.717) is 0 Å². The van der Waals surface area contributed by atoms with Gasteiger partial charge in [0.15, 0.2) is 0 Å². The van der Waals surface area contributed by atoms with Crippen molar-refractivity contribution in [2.45, 2.75) is 0 Å². The summed E-state index contributed by atoms with van der Waals surface area (Å²) in [5, 5.41) is 11.8. The van der Waals surface area contributed by atoms with Gasteiger partial charge in [0.25, 0.3) is 0 Å². The second-order valence-corrected chi connectivity index (χ2v) is 2.29. The summed E-state index contributed by atoms with van der Waals surface area (Å²) in [6.45, 7) is 0. The van der Waals surface area contributed by atoms with E-state index in [-0.39, 0.29) is 5.56 Å². The number of nitrogens with two attached hydrogens (primary N) is 1. The maximum absolute atomic E-state index is 12.9. The third kappa shape index (κ3) is 1.81. The maximum atomic E-state index is 12.9. The van der Waals surface area contributed by atoms with E-state index in [9.17, 15) is 9.18 Å². The molecule has 0 aliphatic carbocycles. The number of nitrogens with zero attached hydrogens (tertiary/aromatic N) is 1. The van der Waals surface area contributed by atoms with Crippen LogP contribution in [0.4, 0.5) is 4.39 Å². The van der Waals surface area contributed by atoms with Crippen molar-refractivity contribution in [2.75, 3.05) is 0 Å². The maximum Gasteiger partial charge on any atom is 0.339 e. The van der Waals surface area contributed by atoms with Crippen LogP contribution in [0, 0.1) is 5.82 Å². The largest absolute Gasteiger partial charge is 0.478 e. The molecule has 0 bridgehead atoms. The Morgan fingerprint density at radius 2 is 2.31 bits per heavy atom. The molecule has 0 saturated carbocycles. The number of hydrogen-bond donors (Lipinski definition) is 2. The average molecular weight is 182 g/mol. The van der Waals surface area contributed by atoms with Crippen molar-refractivity contribution in [1.82, 2.24) is 0 Å². The van der Waals surface area contributed by atoms with E-state index in [4.69, 9.17) is 10.9 Å². The van der Waals surface area contributed by atoms with Gasteiger partial charge in [-0.25, -0.2) is 9.18 Å². The van der Waals surface area contributed by atoms with Crippen LogP contribution in [0.1, 0.15) is 15.9 Å². The first-order chi connectivity index (χ1) is 6.16. The molecule has 0 aliphatic rings. The number of rotatable bonds is 2. The molecule has 0 radical (unpaired) electrons. The average Bonchev–Trinajstić information content (AvgIpc) is 2.04. The Balaban J connectivity index is 3.34. The molecule has 0 heterocycles. The smallest absolute Gasteiger partial charge is 0.339 e. The zero-order valence-corrected chi connectivity index (χ0v) is 6.57. The summed E-state index contributed by atoms with van der Waals surface area (Å²) < 4.78 is 12.9. The fourth-order valence-electron chi connectivity index (χ4n) is 0.954. The van der Waals surface area contributed by atoms with Gasteiger partial charge in [-0.3, -0.25) is 0 Å². The Hall–Kier alpha value is -1.91. The molecule has 5 heteroatoms. The molecule has 0 saturated heterocycles. The van der Waals surface area contributed by atoms with Crippen molar-refractivity contribution < 1.29 is 14.3 Å². The summed E-state index contributed by atoms with van der Waals surface area (Å²) >= 11 is 0. The molecule has 0 atom stereocenters. The normalized spacial score (nSPS) is 10.5. The summed E-state index contributed by atoms with van der Waals surface area (Å²) in [5.41, 5.74) is -0.272. The Bertz CT molecular complexity index is 363. The fourth-order valence-corrected chi connectivity index (χ4v) is 0.954. The summed E-state index contributed by atoms with van der Waals surface area (Å²) in [7, 11) is 0. The van der Waals surface area contributed by atoms with Gasteiger partial charge in [-0.2, -0.15) is 5.10 Å². The van der Waals surface area contributed by atoms with Crippen LogP contribution >= 0.6 is 0 Å². The van der Waals surface area contributed by atoms with Gasteiger partial charge in [0.05, 0.1) is 6.21 Å². The molecule has 0 amide bonds.